The first-order valence-electron chi connectivity index (χ1n) is 7.89. The number of nitrogens with two attached hydrogens (primary N) is 1. The molecule has 20 heavy (non-hydrogen) atoms. The SMILES string of the molecule is CCOC(CC)(CC)c1noc(CCCCCCN)n1. The van der Waals surface area contributed by atoms with Gasteiger partial charge in [-0.1, -0.05) is 31.8 Å². The molecule has 0 aromatic carbocycles. The molecule has 0 fully saturated rings. The fourth-order valence-corrected chi connectivity index (χ4v) is 2.43. The lowest BCUT2D eigenvalue weighted by Gasteiger charge is -2.27. The predicted octanol–water partition coefficient (Wildman–Crippen LogP) is 3.18. The highest BCUT2D eigenvalue weighted by molar-refractivity contribution is 5.01. The van der Waals surface area contributed by atoms with Crippen molar-refractivity contribution in [3.63, 3.8) is 0 Å². The van der Waals surface area contributed by atoms with Gasteiger partial charge in [0.25, 0.3) is 0 Å². The molecule has 0 amide bonds. The maximum absolute atomic E-state index is 5.89. The molecule has 2 N–H and O–H groups in total. The highest BCUT2D eigenvalue weighted by Crippen LogP contribution is 2.31. The van der Waals surface area contributed by atoms with Crippen LogP contribution in [0.1, 0.15) is 71.0 Å². The third-order valence-corrected chi connectivity index (χ3v) is 3.78. The Bertz CT molecular complexity index is 362. The summed E-state index contributed by atoms with van der Waals surface area (Å²) in [5.41, 5.74) is 5.08. The van der Waals surface area contributed by atoms with Crippen molar-refractivity contribution in [2.45, 2.75) is 71.3 Å². The van der Waals surface area contributed by atoms with Gasteiger partial charge in [0, 0.05) is 13.0 Å². The standard InChI is InChI=1S/C15H29N3O2/c1-4-15(5-2,19-6-3)14-17-13(20-18-14)11-9-7-8-10-12-16/h4-12,16H2,1-3H3. The van der Waals surface area contributed by atoms with E-state index in [1.807, 2.05) is 6.92 Å². The minimum absolute atomic E-state index is 0.393. The van der Waals surface area contributed by atoms with E-state index in [2.05, 4.69) is 24.0 Å². The topological polar surface area (TPSA) is 74.2 Å². The number of ether oxygens (including phenoxy) is 1. The van der Waals surface area contributed by atoms with E-state index in [1.54, 1.807) is 0 Å². The molecule has 0 bridgehead atoms. The summed E-state index contributed by atoms with van der Waals surface area (Å²) in [5.74, 6) is 1.42. The molecule has 0 saturated heterocycles. The van der Waals surface area contributed by atoms with E-state index in [9.17, 15) is 0 Å². The minimum atomic E-state index is -0.393. The van der Waals surface area contributed by atoms with E-state index >= 15 is 0 Å². The lowest BCUT2D eigenvalue weighted by molar-refractivity contribution is -0.0583. The number of aryl methyl sites for hydroxylation is 1. The van der Waals surface area contributed by atoms with Crippen molar-refractivity contribution in [3.8, 4) is 0 Å². The summed E-state index contributed by atoms with van der Waals surface area (Å²) in [4.78, 5) is 4.53. The van der Waals surface area contributed by atoms with E-state index in [4.69, 9.17) is 15.0 Å². The van der Waals surface area contributed by atoms with Gasteiger partial charge in [0.15, 0.2) is 0 Å². The highest BCUT2D eigenvalue weighted by atomic mass is 16.5. The third kappa shape index (κ3) is 4.56. The number of unbranched alkanes of at least 4 members (excludes halogenated alkanes) is 3. The normalized spacial score (nSPS) is 12.0. The molecule has 5 heteroatoms. The number of hydrogen-bond donors (Lipinski definition) is 1. The smallest absolute Gasteiger partial charge is 0.226 e. The van der Waals surface area contributed by atoms with Gasteiger partial charge in [0.2, 0.25) is 11.7 Å². The Morgan fingerprint density at radius 1 is 1.10 bits per heavy atom. The van der Waals surface area contributed by atoms with Crippen LogP contribution in [0.5, 0.6) is 0 Å². The number of aromatic nitrogens is 2. The molecular weight excluding hydrogens is 254 g/mol. The summed E-state index contributed by atoms with van der Waals surface area (Å²) in [7, 11) is 0. The molecular formula is C15H29N3O2. The van der Waals surface area contributed by atoms with Gasteiger partial charge in [0.1, 0.15) is 5.60 Å². The zero-order chi connectivity index (χ0) is 14.8. The number of rotatable bonds is 11. The van der Waals surface area contributed by atoms with Gasteiger partial charge < -0.3 is 15.0 Å². The molecule has 1 aromatic rings. The maximum atomic E-state index is 5.89. The third-order valence-electron chi connectivity index (χ3n) is 3.78. The second-order valence-electron chi connectivity index (χ2n) is 5.10. The van der Waals surface area contributed by atoms with Crippen molar-refractivity contribution in [2.24, 2.45) is 5.73 Å². The van der Waals surface area contributed by atoms with Crippen LogP contribution in [0, 0.1) is 0 Å². The molecule has 0 aliphatic carbocycles. The first kappa shape index (κ1) is 17.1. The van der Waals surface area contributed by atoms with Crippen LogP contribution < -0.4 is 5.73 Å². The van der Waals surface area contributed by atoms with Crippen molar-refractivity contribution in [1.82, 2.24) is 10.1 Å². The fraction of sp³-hybridized carbons (Fsp3) is 0.867. The monoisotopic (exact) mass is 283 g/mol. The van der Waals surface area contributed by atoms with Gasteiger partial charge >= 0.3 is 0 Å². The molecule has 0 aliphatic rings. The molecule has 0 aliphatic heterocycles. The van der Waals surface area contributed by atoms with Gasteiger partial charge in [-0.2, -0.15) is 4.98 Å². The van der Waals surface area contributed by atoms with Crippen molar-refractivity contribution in [1.29, 1.82) is 0 Å². The first-order chi connectivity index (χ1) is 9.72. The quantitative estimate of drug-likeness (QED) is 0.631. The van der Waals surface area contributed by atoms with Crippen molar-refractivity contribution >= 4 is 0 Å². The zero-order valence-corrected chi connectivity index (χ0v) is 13.2. The van der Waals surface area contributed by atoms with E-state index in [0.29, 0.717) is 12.4 Å². The van der Waals surface area contributed by atoms with Crippen LogP contribution in [0.4, 0.5) is 0 Å². The Morgan fingerprint density at radius 2 is 1.80 bits per heavy atom. The van der Waals surface area contributed by atoms with Crippen LogP contribution in [0.2, 0.25) is 0 Å². The first-order valence-corrected chi connectivity index (χ1v) is 7.89. The second kappa shape index (κ2) is 9.08. The van der Waals surface area contributed by atoms with Crippen molar-refractivity contribution in [3.05, 3.63) is 11.7 Å². The Balaban J connectivity index is 2.56. The van der Waals surface area contributed by atoms with Gasteiger partial charge in [-0.15, -0.1) is 0 Å². The van der Waals surface area contributed by atoms with Crippen LogP contribution in [0.15, 0.2) is 4.52 Å². The van der Waals surface area contributed by atoms with E-state index in [-0.39, 0.29) is 0 Å². The van der Waals surface area contributed by atoms with Gasteiger partial charge in [-0.25, -0.2) is 0 Å². The van der Waals surface area contributed by atoms with E-state index in [1.165, 1.54) is 6.42 Å². The minimum Gasteiger partial charge on any atom is -0.367 e. The maximum Gasteiger partial charge on any atom is 0.226 e. The highest BCUT2D eigenvalue weighted by Gasteiger charge is 2.34. The molecule has 0 atom stereocenters. The molecule has 5 nitrogen and oxygen atoms in total. The summed E-state index contributed by atoms with van der Waals surface area (Å²) >= 11 is 0. The summed E-state index contributed by atoms with van der Waals surface area (Å²) < 4.78 is 11.2. The molecule has 0 radical (unpaired) electrons. The fourth-order valence-electron chi connectivity index (χ4n) is 2.43. The van der Waals surface area contributed by atoms with Crippen molar-refractivity contribution in [2.75, 3.05) is 13.2 Å². The molecule has 0 saturated carbocycles. The second-order valence-corrected chi connectivity index (χ2v) is 5.10. The Labute approximate surface area is 122 Å². The van der Waals surface area contributed by atoms with E-state index < -0.39 is 5.60 Å². The van der Waals surface area contributed by atoms with E-state index in [0.717, 1.165) is 51.0 Å². The van der Waals surface area contributed by atoms with Crippen LogP contribution in [-0.2, 0) is 16.8 Å². The van der Waals surface area contributed by atoms with Crippen LogP contribution >= 0.6 is 0 Å². The van der Waals surface area contributed by atoms with Gasteiger partial charge in [0.05, 0.1) is 0 Å². The Hall–Kier alpha value is -0.940. The molecule has 1 rings (SSSR count). The Kier molecular flexibility index (Phi) is 7.77. The molecule has 0 spiro atoms. The lowest BCUT2D eigenvalue weighted by atomic mass is 9.96. The van der Waals surface area contributed by atoms with Gasteiger partial charge in [-0.05, 0) is 39.2 Å². The van der Waals surface area contributed by atoms with Crippen LogP contribution in [-0.4, -0.2) is 23.3 Å². The molecule has 116 valence electrons. The van der Waals surface area contributed by atoms with Crippen LogP contribution in [0.3, 0.4) is 0 Å². The summed E-state index contributed by atoms with van der Waals surface area (Å²) in [6.45, 7) is 7.63. The molecule has 1 aromatic heterocycles. The Morgan fingerprint density at radius 3 is 2.40 bits per heavy atom. The predicted molar refractivity (Wildman–Crippen MR) is 79.4 cm³/mol. The number of nitrogens with zero attached hydrogens (tertiary/aromatic N) is 2. The number of hydrogen-bond acceptors (Lipinski definition) is 5. The molecule has 1 heterocycles. The lowest BCUT2D eigenvalue weighted by Crippen LogP contribution is -2.29. The average molecular weight is 283 g/mol. The largest absolute Gasteiger partial charge is 0.367 e. The summed E-state index contributed by atoms with van der Waals surface area (Å²) in [6.07, 6.45) is 7.04. The van der Waals surface area contributed by atoms with Crippen LogP contribution in [0.25, 0.3) is 0 Å². The average Bonchev–Trinajstić information content (AvgIpc) is 2.94. The molecule has 0 unspecified atom stereocenters. The summed E-state index contributed by atoms with van der Waals surface area (Å²) in [6, 6.07) is 0. The van der Waals surface area contributed by atoms with Gasteiger partial charge in [-0.3, -0.25) is 0 Å². The zero-order valence-electron chi connectivity index (χ0n) is 13.2. The summed E-state index contributed by atoms with van der Waals surface area (Å²) in [5, 5.41) is 4.13. The van der Waals surface area contributed by atoms with Crippen molar-refractivity contribution < 1.29 is 9.26 Å².